The van der Waals surface area contributed by atoms with Crippen LogP contribution in [0.3, 0.4) is 0 Å². The fraction of sp³-hybridized carbons (Fsp3) is 0. The molecular formula is C13H10ClN3O3. The Bertz CT molecular complexity index is 661. The number of anilines is 2. The smallest absolute Gasteiger partial charge is 0.354 e. The zero-order valence-electron chi connectivity index (χ0n) is 10.1. The minimum Gasteiger partial charge on any atom is -0.477 e. The molecular weight excluding hydrogens is 282 g/mol. The van der Waals surface area contributed by atoms with Gasteiger partial charge in [-0.1, -0.05) is 23.7 Å². The van der Waals surface area contributed by atoms with Crippen molar-refractivity contribution in [2.45, 2.75) is 0 Å². The average Bonchev–Trinajstić information content (AvgIpc) is 2.38. The van der Waals surface area contributed by atoms with Crippen molar-refractivity contribution < 1.29 is 14.7 Å². The van der Waals surface area contributed by atoms with Gasteiger partial charge in [-0.3, -0.25) is 5.32 Å². The Labute approximate surface area is 119 Å². The second-order valence-electron chi connectivity index (χ2n) is 3.80. The average molecular weight is 292 g/mol. The van der Waals surface area contributed by atoms with Gasteiger partial charge in [0.25, 0.3) is 0 Å². The molecule has 0 saturated heterocycles. The lowest BCUT2D eigenvalue weighted by atomic mass is 10.3. The van der Waals surface area contributed by atoms with Crippen molar-refractivity contribution in [3.8, 4) is 0 Å². The number of hydrogen-bond acceptors (Lipinski definition) is 3. The van der Waals surface area contributed by atoms with Gasteiger partial charge in [0.2, 0.25) is 0 Å². The molecule has 3 N–H and O–H groups in total. The summed E-state index contributed by atoms with van der Waals surface area (Å²) in [7, 11) is 0. The van der Waals surface area contributed by atoms with Crippen molar-refractivity contribution in [3.05, 3.63) is 53.2 Å². The van der Waals surface area contributed by atoms with Crippen LogP contribution in [-0.4, -0.2) is 22.1 Å². The van der Waals surface area contributed by atoms with Gasteiger partial charge in [0.1, 0.15) is 5.82 Å². The fourth-order valence-electron chi connectivity index (χ4n) is 1.47. The van der Waals surface area contributed by atoms with E-state index in [2.05, 4.69) is 15.6 Å². The highest BCUT2D eigenvalue weighted by atomic mass is 35.5. The summed E-state index contributed by atoms with van der Waals surface area (Å²) in [5.74, 6) is -1.02. The van der Waals surface area contributed by atoms with Crippen molar-refractivity contribution in [1.82, 2.24) is 4.98 Å². The first-order valence-electron chi connectivity index (χ1n) is 5.58. The molecule has 0 saturated carbocycles. The third-order valence-corrected chi connectivity index (χ3v) is 2.53. The molecule has 0 aliphatic heterocycles. The number of nitrogens with one attached hydrogen (secondary N) is 2. The van der Waals surface area contributed by atoms with Crippen LogP contribution in [0.2, 0.25) is 5.02 Å². The number of carboxylic acids is 1. The second-order valence-corrected chi connectivity index (χ2v) is 4.24. The topological polar surface area (TPSA) is 91.3 Å². The van der Waals surface area contributed by atoms with Gasteiger partial charge >= 0.3 is 12.0 Å². The van der Waals surface area contributed by atoms with Crippen LogP contribution in [0.15, 0.2) is 42.5 Å². The third kappa shape index (κ3) is 3.69. The molecule has 0 fully saturated rings. The summed E-state index contributed by atoms with van der Waals surface area (Å²) in [4.78, 5) is 26.3. The number of urea groups is 1. The van der Waals surface area contributed by atoms with Crippen LogP contribution in [0.4, 0.5) is 16.3 Å². The predicted molar refractivity (Wildman–Crippen MR) is 75.3 cm³/mol. The number of aromatic carboxylic acids is 1. The van der Waals surface area contributed by atoms with E-state index < -0.39 is 12.0 Å². The standard InChI is InChI=1S/C13H10ClN3O3/c14-8-3-1-4-9(7-8)15-13(20)17-11-6-2-5-10(16-11)12(18)19/h1-7H,(H,18,19)(H2,15,16,17,20). The largest absolute Gasteiger partial charge is 0.477 e. The lowest BCUT2D eigenvalue weighted by molar-refractivity contribution is 0.0690. The van der Waals surface area contributed by atoms with Crippen molar-refractivity contribution in [2.75, 3.05) is 10.6 Å². The van der Waals surface area contributed by atoms with Gasteiger partial charge in [-0.15, -0.1) is 0 Å². The maximum atomic E-state index is 11.7. The van der Waals surface area contributed by atoms with Gasteiger partial charge in [-0.25, -0.2) is 14.6 Å². The van der Waals surface area contributed by atoms with E-state index in [4.69, 9.17) is 16.7 Å². The molecule has 1 aromatic carbocycles. The molecule has 0 unspecified atom stereocenters. The number of amides is 2. The first-order chi connectivity index (χ1) is 9.54. The molecule has 20 heavy (non-hydrogen) atoms. The highest BCUT2D eigenvalue weighted by Gasteiger charge is 2.08. The molecule has 0 spiro atoms. The monoisotopic (exact) mass is 291 g/mol. The number of carboxylic acid groups (broad SMARTS) is 1. The maximum absolute atomic E-state index is 11.7. The molecule has 102 valence electrons. The van der Waals surface area contributed by atoms with E-state index >= 15 is 0 Å². The number of benzene rings is 1. The number of rotatable bonds is 3. The quantitative estimate of drug-likeness (QED) is 0.810. The van der Waals surface area contributed by atoms with Crippen LogP contribution in [0.25, 0.3) is 0 Å². The summed E-state index contributed by atoms with van der Waals surface area (Å²) < 4.78 is 0. The number of nitrogens with zero attached hydrogens (tertiary/aromatic N) is 1. The van der Waals surface area contributed by atoms with Crippen molar-refractivity contribution in [2.24, 2.45) is 0 Å². The molecule has 1 aromatic heterocycles. The van der Waals surface area contributed by atoms with Crippen LogP contribution in [0.5, 0.6) is 0 Å². The lowest BCUT2D eigenvalue weighted by Gasteiger charge is -2.07. The van der Waals surface area contributed by atoms with Crippen LogP contribution in [-0.2, 0) is 0 Å². The Balaban J connectivity index is 2.04. The summed E-state index contributed by atoms with van der Waals surface area (Å²) in [6, 6.07) is 10.4. The SMILES string of the molecule is O=C(Nc1cccc(Cl)c1)Nc1cccc(C(=O)O)n1. The Morgan fingerprint density at radius 3 is 2.55 bits per heavy atom. The van der Waals surface area contributed by atoms with E-state index in [1.54, 1.807) is 24.3 Å². The molecule has 6 nitrogen and oxygen atoms in total. The van der Waals surface area contributed by atoms with Crippen molar-refractivity contribution in [3.63, 3.8) is 0 Å². The number of hydrogen-bond donors (Lipinski definition) is 3. The molecule has 2 aromatic rings. The van der Waals surface area contributed by atoms with Gasteiger partial charge in [-0.05, 0) is 30.3 Å². The van der Waals surface area contributed by atoms with Gasteiger partial charge in [0.15, 0.2) is 5.69 Å². The summed E-state index contributed by atoms with van der Waals surface area (Å²) in [6.07, 6.45) is 0. The Hall–Kier alpha value is -2.60. The van der Waals surface area contributed by atoms with E-state index in [0.717, 1.165) is 0 Å². The number of carbonyl (C=O) groups excluding carboxylic acids is 1. The molecule has 0 bridgehead atoms. The minimum atomic E-state index is -1.16. The van der Waals surface area contributed by atoms with Crippen LogP contribution >= 0.6 is 11.6 Å². The summed E-state index contributed by atoms with van der Waals surface area (Å²) in [5.41, 5.74) is 0.370. The molecule has 0 aliphatic rings. The number of halogens is 1. The minimum absolute atomic E-state index is 0.143. The molecule has 7 heteroatoms. The summed E-state index contributed by atoms with van der Waals surface area (Å²) in [5, 5.41) is 14.3. The van der Waals surface area contributed by atoms with Gasteiger partial charge in [-0.2, -0.15) is 0 Å². The molecule has 2 rings (SSSR count). The van der Waals surface area contributed by atoms with E-state index in [1.165, 1.54) is 18.2 Å². The summed E-state index contributed by atoms with van der Waals surface area (Å²) >= 11 is 5.79. The molecule has 0 aliphatic carbocycles. The lowest BCUT2D eigenvalue weighted by Crippen LogP contribution is -2.20. The van der Waals surface area contributed by atoms with E-state index in [9.17, 15) is 9.59 Å². The summed E-state index contributed by atoms with van der Waals surface area (Å²) in [6.45, 7) is 0. The zero-order valence-corrected chi connectivity index (χ0v) is 10.9. The van der Waals surface area contributed by atoms with Crippen LogP contribution in [0, 0.1) is 0 Å². The molecule has 0 radical (unpaired) electrons. The van der Waals surface area contributed by atoms with Gasteiger partial charge in [0.05, 0.1) is 0 Å². The Morgan fingerprint density at radius 2 is 1.85 bits per heavy atom. The van der Waals surface area contributed by atoms with Crippen molar-refractivity contribution in [1.29, 1.82) is 0 Å². The van der Waals surface area contributed by atoms with E-state index in [1.807, 2.05) is 0 Å². The molecule has 0 atom stereocenters. The highest BCUT2D eigenvalue weighted by molar-refractivity contribution is 6.30. The molecule has 1 heterocycles. The first kappa shape index (κ1) is 13.8. The number of aromatic nitrogens is 1. The Morgan fingerprint density at radius 1 is 1.10 bits per heavy atom. The third-order valence-electron chi connectivity index (χ3n) is 2.29. The number of pyridine rings is 1. The highest BCUT2D eigenvalue weighted by Crippen LogP contribution is 2.15. The van der Waals surface area contributed by atoms with Crippen LogP contribution < -0.4 is 10.6 Å². The molecule has 2 amide bonds. The fourth-order valence-corrected chi connectivity index (χ4v) is 1.66. The first-order valence-corrected chi connectivity index (χ1v) is 5.96. The van der Waals surface area contributed by atoms with Gasteiger partial charge < -0.3 is 10.4 Å². The number of carbonyl (C=O) groups is 2. The van der Waals surface area contributed by atoms with E-state index in [0.29, 0.717) is 10.7 Å². The predicted octanol–water partition coefficient (Wildman–Crippen LogP) is 3.08. The zero-order chi connectivity index (χ0) is 14.5. The second kappa shape index (κ2) is 6.03. The normalized spacial score (nSPS) is 9.85. The maximum Gasteiger partial charge on any atom is 0.354 e. The Kier molecular flexibility index (Phi) is 4.17. The van der Waals surface area contributed by atoms with Gasteiger partial charge in [0, 0.05) is 10.7 Å². The van der Waals surface area contributed by atoms with E-state index in [-0.39, 0.29) is 11.5 Å². The van der Waals surface area contributed by atoms with Crippen LogP contribution in [0.1, 0.15) is 10.5 Å². The van der Waals surface area contributed by atoms with Crippen molar-refractivity contribution >= 4 is 35.1 Å².